The average molecular weight is 293 g/mol. The third kappa shape index (κ3) is 6.93. The van der Waals surface area contributed by atoms with E-state index in [4.69, 9.17) is 4.74 Å². The molecule has 0 aliphatic heterocycles. The molecule has 21 heavy (non-hydrogen) atoms. The van der Waals surface area contributed by atoms with Crippen LogP contribution in [0.1, 0.15) is 58.3 Å². The summed E-state index contributed by atoms with van der Waals surface area (Å²) in [5, 5.41) is 2.66. The second-order valence-corrected chi connectivity index (χ2v) is 5.72. The minimum atomic E-state index is -0.573. The van der Waals surface area contributed by atoms with Gasteiger partial charge in [0.2, 0.25) is 0 Å². The van der Waals surface area contributed by atoms with E-state index in [1.54, 1.807) is 32.9 Å². The van der Waals surface area contributed by atoms with Crippen LogP contribution >= 0.6 is 0 Å². The molecule has 1 atom stereocenters. The van der Waals surface area contributed by atoms with E-state index in [0.717, 1.165) is 6.42 Å². The lowest BCUT2D eigenvalue weighted by molar-refractivity contribution is 0.0488. The molecule has 0 aliphatic rings. The molecule has 0 spiro atoms. The van der Waals surface area contributed by atoms with Gasteiger partial charge in [-0.3, -0.25) is 4.79 Å². The Kier molecular flexibility index (Phi) is 7.71. The van der Waals surface area contributed by atoms with E-state index in [9.17, 15) is 9.59 Å². The van der Waals surface area contributed by atoms with Crippen LogP contribution in [0.5, 0.6) is 0 Å². The third-order valence-corrected chi connectivity index (χ3v) is 2.64. The molecule has 1 aromatic carbocycles. The Morgan fingerprint density at radius 1 is 1.19 bits per heavy atom. The van der Waals surface area contributed by atoms with Crippen molar-refractivity contribution in [1.82, 2.24) is 5.32 Å². The summed E-state index contributed by atoms with van der Waals surface area (Å²) >= 11 is 0. The topological polar surface area (TPSA) is 55.4 Å². The molecule has 0 unspecified atom stereocenters. The van der Waals surface area contributed by atoms with E-state index in [1.807, 2.05) is 25.1 Å². The van der Waals surface area contributed by atoms with Crippen molar-refractivity contribution in [2.75, 3.05) is 0 Å². The average Bonchev–Trinajstić information content (AvgIpc) is 2.36. The van der Waals surface area contributed by atoms with Crippen molar-refractivity contribution < 1.29 is 14.3 Å². The van der Waals surface area contributed by atoms with Crippen LogP contribution in [0.4, 0.5) is 4.79 Å². The molecule has 0 aromatic heterocycles. The van der Waals surface area contributed by atoms with E-state index < -0.39 is 17.7 Å². The molecule has 1 aromatic rings. The van der Waals surface area contributed by atoms with E-state index >= 15 is 0 Å². The molecule has 1 rings (SSSR count). The summed E-state index contributed by atoms with van der Waals surface area (Å²) in [6, 6.07) is 8.43. The van der Waals surface area contributed by atoms with E-state index in [1.165, 1.54) is 0 Å². The molecule has 0 saturated heterocycles. The molecule has 0 radical (unpaired) electrons. The molecule has 118 valence electrons. The lowest BCUT2D eigenvalue weighted by atomic mass is 10.0. The van der Waals surface area contributed by atoms with Crippen LogP contribution in [0, 0.1) is 0 Å². The summed E-state index contributed by atoms with van der Waals surface area (Å²) in [6.45, 7) is 7.35. The SMILES string of the molecule is C.CCC[C@H](NC(=O)OC(C)(C)C)C(=O)c1ccccc1. The van der Waals surface area contributed by atoms with Gasteiger partial charge in [-0.05, 0) is 27.2 Å². The molecule has 4 heteroatoms. The summed E-state index contributed by atoms with van der Waals surface area (Å²) in [4.78, 5) is 24.2. The lowest BCUT2D eigenvalue weighted by Gasteiger charge is -2.23. The van der Waals surface area contributed by atoms with Gasteiger partial charge in [-0.25, -0.2) is 4.79 Å². The van der Waals surface area contributed by atoms with E-state index in [0.29, 0.717) is 12.0 Å². The first-order valence-corrected chi connectivity index (χ1v) is 6.92. The Morgan fingerprint density at radius 2 is 1.76 bits per heavy atom. The maximum absolute atomic E-state index is 12.4. The zero-order valence-electron chi connectivity index (χ0n) is 12.6. The molecular formula is C17H27NO3. The summed E-state index contributed by atoms with van der Waals surface area (Å²) in [6.07, 6.45) is 0.840. The number of hydrogen-bond acceptors (Lipinski definition) is 3. The van der Waals surface area contributed by atoms with Crippen molar-refractivity contribution in [3.05, 3.63) is 35.9 Å². The molecule has 0 heterocycles. The molecule has 0 saturated carbocycles. The van der Waals surface area contributed by atoms with Gasteiger partial charge in [-0.15, -0.1) is 0 Å². The van der Waals surface area contributed by atoms with Crippen molar-refractivity contribution in [1.29, 1.82) is 0 Å². The maximum atomic E-state index is 12.4. The van der Waals surface area contributed by atoms with Crippen LogP contribution in [0.2, 0.25) is 0 Å². The summed E-state index contributed by atoms with van der Waals surface area (Å²) in [5.41, 5.74) is 0.0263. The van der Waals surface area contributed by atoms with Crippen molar-refractivity contribution in [3.63, 3.8) is 0 Å². The van der Waals surface area contributed by atoms with Gasteiger partial charge in [0.25, 0.3) is 0 Å². The fraction of sp³-hybridized carbons (Fsp3) is 0.529. The number of rotatable bonds is 5. The number of alkyl carbamates (subject to hydrolysis) is 1. The van der Waals surface area contributed by atoms with E-state index in [2.05, 4.69) is 5.32 Å². The summed E-state index contributed by atoms with van der Waals surface area (Å²) in [7, 11) is 0. The highest BCUT2D eigenvalue weighted by Crippen LogP contribution is 2.11. The number of benzene rings is 1. The van der Waals surface area contributed by atoms with Gasteiger partial charge < -0.3 is 10.1 Å². The zero-order chi connectivity index (χ0) is 15.2. The first-order valence-electron chi connectivity index (χ1n) is 6.92. The van der Waals surface area contributed by atoms with Gasteiger partial charge in [0, 0.05) is 5.56 Å². The quantitative estimate of drug-likeness (QED) is 0.828. The largest absolute Gasteiger partial charge is 0.444 e. The Bertz CT molecular complexity index is 449. The first-order chi connectivity index (χ1) is 9.33. The zero-order valence-corrected chi connectivity index (χ0v) is 12.6. The molecule has 4 nitrogen and oxygen atoms in total. The molecule has 0 aliphatic carbocycles. The van der Waals surface area contributed by atoms with Crippen molar-refractivity contribution >= 4 is 11.9 Å². The van der Waals surface area contributed by atoms with Crippen LogP contribution in [0.3, 0.4) is 0 Å². The van der Waals surface area contributed by atoms with Gasteiger partial charge in [0.1, 0.15) is 5.60 Å². The van der Waals surface area contributed by atoms with Crippen molar-refractivity contribution in [2.45, 2.75) is 59.6 Å². The minimum absolute atomic E-state index is 0. The number of hydrogen-bond donors (Lipinski definition) is 1. The Hall–Kier alpha value is -1.84. The van der Waals surface area contributed by atoms with Crippen LogP contribution in [-0.2, 0) is 4.74 Å². The summed E-state index contributed by atoms with van der Waals surface area (Å²) < 4.78 is 5.20. The van der Waals surface area contributed by atoms with Gasteiger partial charge in [-0.1, -0.05) is 51.1 Å². The molecular weight excluding hydrogens is 266 g/mol. The van der Waals surface area contributed by atoms with Gasteiger partial charge in [0.05, 0.1) is 6.04 Å². The number of Topliss-reactive ketones (excluding diaryl/α,β-unsaturated/α-hetero) is 1. The number of amides is 1. The highest BCUT2D eigenvalue weighted by Gasteiger charge is 2.24. The number of ether oxygens (including phenoxy) is 1. The fourth-order valence-corrected chi connectivity index (χ4v) is 1.81. The van der Waals surface area contributed by atoms with Crippen LogP contribution in [0.15, 0.2) is 30.3 Å². The maximum Gasteiger partial charge on any atom is 0.408 e. The Morgan fingerprint density at radius 3 is 2.24 bits per heavy atom. The Labute approximate surface area is 127 Å². The van der Waals surface area contributed by atoms with Gasteiger partial charge >= 0.3 is 6.09 Å². The standard InChI is InChI=1S/C16H23NO3.CH4/c1-5-9-13(17-15(19)20-16(2,3)4)14(18)12-10-7-6-8-11-12;/h6-8,10-11,13H,5,9H2,1-4H3,(H,17,19);1H4/t13-;/m0./s1. The number of carbonyl (C=O) groups excluding carboxylic acids is 2. The van der Waals surface area contributed by atoms with Crippen LogP contribution in [-0.4, -0.2) is 23.5 Å². The van der Waals surface area contributed by atoms with Crippen molar-refractivity contribution in [2.24, 2.45) is 0 Å². The monoisotopic (exact) mass is 293 g/mol. The molecule has 1 N–H and O–H groups in total. The highest BCUT2D eigenvalue weighted by molar-refractivity contribution is 6.01. The van der Waals surface area contributed by atoms with Crippen molar-refractivity contribution in [3.8, 4) is 0 Å². The highest BCUT2D eigenvalue weighted by atomic mass is 16.6. The number of carbonyl (C=O) groups is 2. The Balaban J connectivity index is 0.00000400. The number of nitrogens with one attached hydrogen (secondary N) is 1. The second kappa shape index (κ2) is 8.45. The molecule has 1 amide bonds. The predicted octanol–water partition coefficient (Wildman–Crippen LogP) is 4.20. The lowest BCUT2D eigenvalue weighted by Crippen LogP contribution is -2.43. The van der Waals surface area contributed by atoms with Crippen LogP contribution in [0.25, 0.3) is 0 Å². The molecule has 0 bridgehead atoms. The summed E-state index contributed by atoms with van der Waals surface area (Å²) in [5.74, 6) is -0.0849. The molecule has 0 fully saturated rings. The number of ketones is 1. The predicted molar refractivity (Wildman–Crippen MR) is 85.6 cm³/mol. The second-order valence-electron chi connectivity index (χ2n) is 5.72. The smallest absolute Gasteiger partial charge is 0.408 e. The van der Waals surface area contributed by atoms with Crippen LogP contribution < -0.4 is 5.32 Å². The fourth-order valence-electron chi connectivity index (χ4n) is 1.81. The first kappa shape index (κ1) is 19.2. The van der Waals surface area contributed by atoms with E-state index in [-0.39, 0.29) is 13.2 Å². The minimum Gasteiger partial charge on any atom is -0.444 e. The van der Waals surface area contributed by atoms with Gasteiger partial charge in [0.15, 0.2) is 5.78 Å². The normalized spacial score (nSPS) is 12.0. The third-order valence-electron chi connectivity index (χ3n) is 2.64. The van der Waals surface area contributed by atoms with Gasteiger partial charge in [-0.2, -0.15) is 0 Å².